The van der Waals surface area contributed by atoms with Crippen molar-refractivity contribution in [2.45, 2.75) is 26.6 Å². The number of hydrogen-bond acceptors (Lipinski definition) is 7. The number of aromatic nitrogens is 1. The maximum Gasteiger partial charge on any atom is 0.263 e. The van der Waals surface area contributed by atoms with Crippen molar-refractivity contribution in [3.8, 4) is 11.4 Å². The Balaban J connectivity index is 1.52. The van der Waals surface area contributed by atoms with E-state index in [0.29, 0.717) is 17.8 Å². The van der Waals surface area contributed by atoms with Gasteiger partial charge in [0.05, 0.1) is 30.4 Å². The fourth-order valence-electron chi connectivity index (χ4n) is 5.38. The number of fused-ring (bicyclic) bond motifs is 2. The summed E-state index contributed by atoms with van der Waals surface area (Å²) >= 11 is 0. The topological polar surface area (TPSA) is 97.6 Å². The van der Waals surface area contributed by atoms with Gasteiger partial charge in [-0.15, -0.1) is 0 Å². The lowest BCUT2D eigenvalue weighted by atomic mass is 9.93. The van der Waals surface area contributed by atoms with Gasteiger partial charge < -0.3 is 10.5 Å². The second kappa shape index (κ2) is 9.30. The van der Waals surface area contributed by atoms with E-state index in [4.69, 9.17) is 15.6 Å². The summed E-state index contributed by atoms with van der Waals surface area (Å²) in [6.07, 6.45) is 1.12. The third kappa shape index (κ3) is 3.85. The van der Waals surface area contributed by atoms with Crippen molar-refractivity contribution < 1.29 is 4.74 Å². The van der Waals surface area contributed by atoms with Gasteiger partial charge in [0.1, 0.15) is 23.8 Å². The van der Waals surface area contributed by atoms with Crippen molar-refractivity contribution in [3.05, 3.63) is 106 Å². The molecule has 0 aliphatic carbocycles. The lowest BCUT2D eigenvalue weighted by Crippen LogP contribution is -2.42. The molecular formula is C30H28N6O2. The van der Waals surface area contributed by atoms with E-state index in [1.165, 1.54) is 6.34 Å². The highest BCUT2D eigenvalue weighted by Crippen LogP contribution is 2.32. The molecule has 2 aliphatic heterocycles. The van der Waals surface area contributed by atoms with Gasteiger partial charge in [-0.3, -0.25) is 14.4 Å². The predicted octanol–water partition coefficient (Wildman–Crippen LogP) is 4.18. The summed E-state index contributed by atoms with van der Waals surface area (Å²) in [4.78, 5) is 23.0. The van der Waals surface area contributed by atoms with Gasteiger partial charge in [0, 0.05) is 11.3 Å². The molecule has 190 valence electrons. The minimum absolute atomic E-state index is 0.0501. The Morgan fingerprint density at radius 3 is 2.58 bits per heavy atom. The molecule has 6 rings (SSSR count). The van der Waals surface area contributed by atoms with Crippen molar-refractivity contribution >= 4 is 28.7 Å². The van der Waals surface area contributed by atoms with E-state index in [0.717, 1.165) is 44.9 Å². The molecule has 0 spiro atoms. The van der Waals surface area contributed by atoms with Crippen LogP contribution in [0.1, 0.15) is 22.4 Å². The Bertz CT molecular complexity index is 1720. The van der Waals surface area contributed by atoms with Crippen LogP contribution in [0.5, 0.6) is 5.75 Å². The van der Waals surface area contributed by atoms with Crippen LogP contribution in [0.2, 0.25) is 0 Å². The Labute approximate surface area is 220 Å². The number of ether oxygens (including phenoxy) is 1. The number of rotatable bonds is 5. The van der Waals surface area contributed by atoms with Crippen LogP contribution in [0.3, 0.4) is 0 Å². The van der Waals surface area contributed by atoms with E-state index in [1.807, 2.05) is 90.2 Å². The van der Waals surface area contributed by atoms with Crippen LogP contribution >= 0.6 is 0 Å². The number of benzene rings is 3. The molecule has 0 saturated carbocycles. The highest BCUT2D eigenvalue weighted by molar-refractivity contribution is 6.17. The lowest BCUT2D eigenvalue weighted by molar-refractivity contribution is 0.210. The highest BCUT2D eigenvalue weighted by atomic mass is 16.5. The zero-order chi connectivity index (χ0) is 26.4. The first-order chi connectivity index (χ1) is 18.5. The fraction of sp³-hybridized carbons (Fsp3) is 0.200. The van der Waals surface area contributed by atoms with Gasteiger partial charge in [0.2, 0.25) is 0 Å². The molecule has 8 heteroatoms. The first-order valence-electron chi connectivity index (χ1n) is 12.5. The van der Waals surface area contributed by atoms with E-state index in [9.17, 15) is 4.79 Å². The summed E-state index contributed by atoms with van der Waals surface area (Å²) in [7, 11) is 1.64. The number of amidine groups is 1. The number of nitrogens with two attached hydrogens (primary N) is 1. The molecular weight excluding hydrogens is 476 g/mol. The summed E-state index contributed by atoms with van der Waals surface area (Å²) in [5, 5.41) is 8.53. The lowest BCUT2D eigenvalue weighted by Gasteiger charge is -2.27. The summed E-state index contributed by atoms with van der Waals surface area (Å²) in [5.41, 5.74) is 11.6. The van der Waals surface area contributed by atoms with Crippen molar-refractivity contribution in [2.75, 3.05) is 7.11 Å². The Kier molecular flexibility index (Phi) is 5.79. The summed E-state index contributed by atoms with van der Waals surface area (Å²) in [5.74, 6) is 0.876. The molecule has 2 aliphatic rings. The fourth-order valence-corrected chi connectivity index (χ4v) is 5.38. The maximum atomic E-state index is 14.0. The molecule has 2 atom stereocenters. The van der Waals surface area contributed by atoms with Crippen LogP contribution in [0.25, 0.3) is 16.5 Å². The van der Waals surface area contributed by atoms with Crippen molar-refractivity contribution in [2.24, 2.45) is 26.7 Å². The van der Waals surface area contributed by atoms with Gasteiger partial charge in [0.15, 0.2) is 6.17 Å². The molecule has 8 nitrogen and oxygen atoms in total. The van der Waals surface area contributed by atoms with Crippen LogP contribution in [0.4, 0.5) is 0 Å². The first-order valence-corrected chi connectivity index (χ1v) is 12.5. The molecule has 0 radical (unpaired) electrons. The molecule has 0 bridgehead atoms. The standard InChI is InChI=1S/C30H28N6O2/c1-18-8-4-5-13-24(18)36-22(14-20-10-6-9-19(2)25(20)30(36)37)16-35-29-26(28(31)32-17-33-29)27(34-35)21-11-7-12-23(15-21)38-3/h4-15,17,26,29H,16H2,1-3H3,(H2,31,32,33). The quantitative estimate of drug-likeness (QED) is 0.441. The van der Waals surface area contributed by atoms with Gasteiger partial charge >= 0.3 is 0 Å². The Hall–Kier alpha value is -4.72. The van der Waals surface area contributed by atoms with E-state index in [2.05, 4.69) is 16.1 Å². The summed E-state index contributed by atoms with van der Waals surface area (Å²) in [6.45, 7) is 4.34. The van der Waals surface area contributed by atoms with E-state index >= 15 is 0 Å². The third-order valence-corrected chi connectivity index (χ3v) is 7.26. The zero-order valence-electron chi connectivity index (χ0n) is 21.5. The summed E-state index contributed by atoms with van der Waals surface area (Å²) < 4.78 is 7.25. The molecule has 0 saturated heterocycles. The number of pyridine rings is 1. The number of aliphatic imine (C=N–C) groups is 2. The molecule has 2 N–H and O–H groups in total. The molecule has 4 aromatic rings. The number of methoxy groups -OCH3 is 1. The van der Waals surface area contributed by atoms with Crippen molar-refractivity contribution in [1.29, 1.82) is 0 Å². The maximum absolute atomic E-state index is 14.0. The van der Waals surface area contributed by atoms with Gasteiger partial charge in [-0.05, 0) is 54.6 Å². The van der Waals surface area contributed by atoms with Crippen LogP contribution < -0.4 is 16.0 Å². The Morgan fingerprint density at radius 1 is 0.974 bits per heavy atom. The molecule has 2 unspecified atom stereocenters. The van der Waals surface area contributed by atoms with E-state index in [-0.39, 0.29) is 17.6 Å². The predicted molar refractivity (Wildman–Crippen MR) is 151 cm³/mol. The van der Waals surface area contributed by atoms with Crippen LogP contribution in [-0.2, 0) is 6.54 Å². The van der Waals surface area contributed by atoms with Gasteiger partial charge in [-0.25, -0.2) is 9.98 Å². The minimum Gasteiger partial charge on any atom is -0.497 e. The number of aryl methyl sites for hydroxylation is 2. The van der Waals surface area contributed by atoms with Gasteiger partial charge in [-0.2, -0.15) is 5.10 Å². The van der Waals surface area contributed by atoms with E-state index in [1.54, 1.807) is 7.11 Å². The number of para-hydroxylation sites is 1. The van der Waals surface area contributed by atoms with Crippen molar-refractivity contribution in [1.82, 2.24) is 9.58 Å². The monoisotopic (exact) mass is 504 g/mol. The number of nitrogens with zero attached hydrogens (tertiary/aromatic N) is 5. The average molecular weight is 505 g/mol. The second-order valence-electron chi connectivity index (χ2n) is 9.63. The highest BCUT2D eigenvalue weighted by Gasteiger charge is 2.42. The normalized spacial score (nSPS) is 18.3. The van der Waals surface area contributed by atoms with Crippen LogP contribution in [-0.4, -0.2) is 40.7 Å². The molecule has 0 fully saturated rings. The molecule has 3 aromatic carbocycles. The second-order valence-corrected chi connectivity index (χ2v) is 9.63. The molecule has 1 aromatic heterocycles. The molecule has 3 heterocycles. The summed E-state index contributed by atoms with van der Waals surface area (Å²) in [6, 6.07) is 23.7. The SMILES string of the molecule is COc1cccc(C2=NN(Cc3cc4cccc(C)c4c(=O)n3-c3ccccc3C)C3N=CN=C(N)C23)c1. The molecule has 38 heavy (non-hydrogen) atoms. The van der Waals surface area contributed by atoms with Crippen LogP contribution in [0, 0.1) is 19.8 Å². The number of hydrogen-bond donors (Lipinski definition) is 1. The van der Waals surface area contributed by atoms with Gasteiger partial charge in [-0.1, -0.05) is 48.5 Å². The van der Waals surface area contributed by atoms with Crippen LogP contribution in [0.15, 0.2) is 92.7 Å². The number of hydrazone groups is 1. The van der Waals surface area contributed by atoms with Gasteiger partial charge in [0.25, 0.3) is 5.56 Å². The molecule has 0 amide bonds. The average Bonchev–Trinajstić information content (AvgIpc) is 3.29. The first kappa shape index (κ1) is 23.7. The van der Waals surface area contributed by atoms with E-state index < -0.39 is 0 Å². The minimum atomic E-state index is -0.373. The Morgan fingerprint density at radius 2 is 1.76 bits per heavy atom. The largest absolute Gasteiger partial charge is 0.497 e. The van der Waals surface area contributed by atoms with Crippen molar-refractivity contribution in [3.63, 3.8) is 0 Å². The third-order valence-electron chi connectivity index (χ3n) is 7.26. The zero-order valence-corrected chi connectivity index (χ0v) is 21.5. The smallest absolute Gasteiger partial charge is 0.263 e.